The second kappa shape index (κ2) is 5.63. The van der Waals surface area contributed by atoms with E-state index in [0.717, 1.165) is 12.8 Å². The summed E-state index contributed by atoms with van der Waals surface area (Å²) in [4.78, 5) is 10.4. The summed E-state index contributed by atoms with van der Waals surface area (Å²) in [6, 6.07) is 0. The molecule has 0 radical (unpaired) electrons. The molecule has 5 nitrogen and oxygen atoms in total. The summed E-state index contributed by atoms with van der Waals surface area (Å²) in [6.07, 6.45) is 2.42. The van der Waals surface area contributed by atoms with Gasteiger partial charge in [0.2, 0.25) is 10.0 Å². The predicted molar refractivity (Wildman–Crippen MR) is 60.6 cm³/mol. The maximum absolute atomic E-state index is 11.6. The van der Waals surface area contributed by atoms with E-state index in [4.69, 9.17) is 5.11 Å². The fraction of sp³-hybridized carbons (Fsp3) is 0.900. The minimum absolute atomic E-state index is 0.146. The predicted octanol–water partition coefficient (Wildman–Crippen LogP) is 0.913. The molecular weight excluding hydrogens is 230 g/mol. The van der Waals surface area contributed by atoms with Crippen LogP contribution in [0.15, 0.2) is 0 Å². The lowest BCUT2D eigenvalue weighted by Gasteiger charge is -2.30. The number of carboxylic acid groups (broad SMARTS) is 1. The lowest BCUT2D eigenvalue weighted by Crippen LogP contribution is -2.39. The van der Waals surface area contributed by atoms with Crippen molar-refractivity contribution in [1.29, 1.82) is 0 Å². The van der Waals surface area contributed by atoms with Gasteiger partial charge in [0.15, 0.2) is 0 Å². The van der Waals surface area contributed by atoms with Crippen LogP contribution < -0.4 is 0 Å². The molecule has 0 aromatic rings. The molecule has 0 spiro atoms. The summed E-state index contributed by atoms with van der Waals surface area (Å²) in [5.74, 6) is -0.268. The molecule has 1 fully saturated rings. The van der Waals surface area contributed by atoms with Crippen molar-refractivity contribution in [3.05, 3.63) is 0 Å². The van der Waals surface area contributed by atoms with Gasteiger partial charge in [-0.1, -0.05) is 0 Å². The molecule has 1 saturated heterocycles. The van der Waals surface area contributed by atoms with Crippen LogP contribution >= 0.6 is 0 Å². The Bertz CT molecular complexity index is 331. The van der Waals surface area contributed by atoms with E-state index in [1.807, 2.05) is 0 Å². The van der Waals surface area contributed by atoms with Gasteiger partial charge in [-0.2, -0.15) is 0 Å². The SMILES string of the molecule is CCS(=O)(=O)N1CCC(CCC(=O)O)CC1. The molecule has 1 rings (SSSR count). The third-order valence-corrected chi connectivity index (χ3v) is 4.98. The number of aliphatic carboxylic acids is 1. The lowest BCUT2D eigenvalue weighted by molar-refractivity contribution is -0.137. The number of hydrogen-bond donors (Lipinski definition) is 1. The van der Waals surface area contributed by atoms with Gasteiger partial charge in [0.25, 0.3) is 0 Å². The van der Waals surface area contributed by atoms with Crippen molar-refractivity contribution in [2.75, 3.05) is 18.8 Å². The molecule has 94 valence electrons. The topological polar surface area (TPSA) is 74.7 Å². The van der Waals surface area contributed by atoms with Crippen LogP contribution in [0.3, 0.4) is 0 Å². The van der Waals surface area contributed by atoms with E-state index >= 15 is 0 Å². The van der Waals surface area contributed by atoms with Gasteiger partial charge in [0, 0.05) is 19.5 Å². The van der Waals surface area contributed by atoms with Gasteiger partial charge in [0.1, 0.15) is 0 Å². The van der Waals surface area contributed by atoms with E-state index in [0.29, 0.717) is 25.4 Å². The molecule has 1 aliphatic heterocycles. The lowest BCUT2D eigenvalue weighted by atomic mass is 9.93. The highest BCUT2D eigenvalue weighted by Crippen LogP contribution is 2.23. The zero-order valence-electron chi connectivity index (χ0n) is 9.55. The van der Waals surface area contributed by atoms with Gasteiger partial charge in [-0.15, -0.1) is 0 Å². The van der Waals surface area contributed by atoms with Crippen LogP contribution in [0.2, 0.25) is 0 Å². The Morgan fingerprint density at radius 3 is 2.38 bits per heavy atom. The average molecular weight is 249 g/mol. The summed E-state index contributed by atoms with van der Waals surface area (Å²) >= 11 is 0. The number of carboxylic acids is 1. The molecule has 1 aliphatic rings. The fourth-order valence-corrected chi connectivity index (χ4v) is 3.12. The first-order chi connectivity index (χ1) is 7.45. The molecule has 6 heteroatoms. The summed E-state index contributed by atoms with van der Waals surface area (Å²) in [6.45, 7) is 2.73. The molecule has 0 unspecified atom stereocenters. The summed E-state index contributed by atoms with van der Waals surface area (Å²) < 4.78 is 24.6. The molecule has 0 atom stereocenters. The third-order valence-electron chi connectivity index (χ3n) is 3.10. The quantitative estimate of drug-likeness (QED) is 0.786. The standard InChI is InChI=1S/C10H19NO4S/c1-2-16(14,15)11-7-5-9(6-8-11)3-4-10(12)13/h9H,2-8H2,1H3,(H,12,13). The number of piperidine rings is 1. The Balaban J connectivity index is 2.37. The highest BCUT2D eigenvalue weighted by atomic mass is 32.2. The van der Waals surface area contributed by atoms with E-state index in [1.54, 1.807) is 6.92 Å². The summed E-state index contributed by atoms with van der Waals surface area (Å²) in [5.41, 5.74) is 0. The van der Waals surface area contributed by atoms with Crippen molar-refractivity contribution in [2.45, 2.75) is 32.6 Å². The monoisotopic (exact) mass is 249 g/mol. The van der Waals surface area contributed by atoms with Crippen LogP contribution in [0.5, 0.6) is 0 Å². The molecule has 0 bridgehead atoms. The van der Waals surface area contributed by atoms with E-state index < -0.39 is 16.0 Å². The Morgan fingerprint density at radius 1 is 1.38 bits per heavy atom. The van der Waals surface area contributed by atoms with E-state index in [-0.39, 0.29) is 12.2 Å². The summed E-state index contributed by atoms with van der Waals surface area (Å²) in [5, 5.41) is 8.56. The first kappa shape index (κ1) is 13.4. The first-order valence-electron chi connectivity index (χ1n) is 5.65. The van der Waals surface area contributed by atoms with Crippen LogP contribution in [0.25, 0.3) is 0 Å². The van der Waals surface area contributed by atoms with Crippen LogP contribution in [0.4, 0.5) is 0 Å². The molecule has 0 amide bonds. The van der Waals surface area contributed by atoms with Gasteiger partial charge in [-0.05, 0) is 32.1 Å². The zero-order valence-corrected chi connectivity index (χ0v) is 10.4. The normalized spacial score (nSPS) is 19.8. The second-order valence-corrected chi connectivity index (χ2v) is 6.43. The molecule has 0 aromatic heterocycles. The smallest absolute Gasteiger partial charge is 0.303 e. The van der Waals surface area contributed by atoms with Gasteiger partial charge in [0.05, 0.1) is 5.75 Å². The molecule has 0 aromatic carbocycles. The highest BCUT2D eigenvalue weighted by Gasteiger charge is 2.26. The second-order valence-electron chi connectivity index (χ2n) is 4.18. The molecular formula is C10H19NO4S. The van der Waals surface area contributed by atoms with Gasteiger partial charge in [-0.25, -0.2) is 12.7 Å². The van der Waals surface area contributed by atoms with Crippen molar-refractivity contribution < 1.29 is 18.3 Å². The van der Waals surface area contributed by atoms with Crippen LogP contribution in [0.1, 0.15) is 32.6 Å². The summed E-state index contributed by atoms with van der Waals surface area (Å²) in [7, 11) is -3.06. The van der Waals surface area contributed by atoms with Gasteiger partial charge < -0.3 is 5.11 Å². The Hall–Kier alpha value is -0.620. The highest BCUT2D eigenvalue weighted by molar-refractivity contribution is 7.89. The number of carbonyl (C=O) groups is 1. The van der Waals surface area contributed by atoms with E-state index in [2.05, 4.69) is 0 Å². The maximum atomic E-state index is 11.6. The molecule has 1 heterocycles. The van der Waals surface area contributed by atoms with Crippen molar-refractivity contribution in [2.24, 2.45) is 5.92 Å². The number of hydrogen-bond acceptors (Lipinski definition) is 3. The Morgan fingerprint density at radius 2 is 1.94 bits per heavy atom. The minimum Gasteiger partial charge on any atom is -0.481 e. The van der Waals surface area contributed by atoms with E-state index in [9.17, 15) is 13.2 Å². The number of sulfonamides is 1. The minimum atomic E-state index is -3.06. The molecule has 1 N–H and O–H groups in total. The first-order valence-corrected chi connectivity index (χ1v) is 7.26. The number of nitrogens with zero attached hydrogens (tertiary/aromatic N) is 1. The maximum Gasteiger partial charge on any atom is 0.303 e. The van der Waals surface area contributed by atoms with Crippen molar-refractivity contribution in [1.82, 2.24) is 4.31 Å². The van der Waals surface area contributed by atoms with E-state index in [1.165, 1.54) is 4.31 Å². The largest absolute Gasteiger partial charge is 0.481 e. The van der Waals surface area contributed by atoms with Crippen molar-refractivity contribution in [3.63, 3.8) is 0 Å². The van der Waals surface area contributed by atoms with Crippen molar-refractivity contribution in [3.8, 4) is 0 Å². The van der Waals surface area contributed by atoms with Gasteiger partial charge >= 0.3 is 5.97 Å². The number of rotatable bonds is 5. The zero-order chi connectivity index (χ0) is 12.2. The third kappa shape index (κ3) is 3.75. The average Bonchev–Trinajstić information content (AvgIpc) is 2.27. The molecule has 16 heavy (non-hydrogen) atoms. The molecule has 0 aliphatic carbocycles. The van der Waals surface area contributed by atoms with Crippen LogP contribution in [-0.2, 0) is 14.8 Å². The Labute approximate surface area is 96.5 Å². The van der Waals surface area contributed by atoms with Crippen LogP contribution in [-0.4, -0.2) is 42.6 Å². The Kier molecular flexibility index (Phi) is 4.73. The van der Waals surface area contributed by atoms with Crippen LogP contribution in [0, 0.1) is 5.92 Å². The van der Waals surface area contributed by atoms with Crippen molar-refractivity contribution >= 4 is 16.0 Å². The molecule has 0 saturated carbocycles. The van der Waals surface area contributed by atoms with Gasteiger partial charge in [-0.3, -0.25) is 4.79 Å². The fourth-order valence-electron chi connectivity index (χ4n) is 1.99.